The molecule has 0 saturated heterocycles. The Balaban J connectivity index is 2.20. The largest absolute Gasteiger partial charge is 0.463 e. The molecule has 6 heteroatoms. The average Bonchev–Trinajstić information content (AvgIpc) is 2.51. The number of nitrogens with two attached hydrogens (primary N) is 1. The monoisotopic (exact) mass is 439 g/mol. The van der Waals surface area contributed by atoms with Crippen molar-refractivity contribution >= 4 is 49.6 Å². The van der Waals surface area contributed by atoms with E-state index in [1.165, 1.54) is 6.08 Å². The highest BCUT2D eigenvalue weighted by Gasteiger charge is 2.10. The second-order valence-electron chi connectivity index (χ2n) is 4.57. The molecule has 0 spiro atoms. The van der Waals surface area contributed by atoms with Gasteiger partial charge in [0.25, 0.3) is 0 Å². The summed E-state index contributed by atoms with van der Waals surface area (Å²) >= 11 is 6.96. The first kappa shape index (κ1) is 17.6. The van der Waals surface area contributed by atoms with Crippen molar-refractivity contribution < 1.29 is 14.3 Å². The molecule has 0 aromatic heterocycles. The van der Waals surface area contributed by atoms with Crippen molar-refractivity contribution in [3.8, 4) is 11.5 Å². The second-order valence-corrected chi connectivity index (χ2v) is 6.28. The van der Waals surface area contributed by atoms with E-state index < -0.39 is 0 Å². The van der Waals surface area contributed by atoms with Crippen molar-refractivity contribution in [3.05, 3.63) is 57.0 Å². The maximum Gasteiger partial charge on any atom is 0.330 e. The van der Waals surface area contributed by atoms with Gasteiger partial charge in [0.1, 0.15) is 5.75 Å². The molecule has 0 saturated carbocycles. The highest BCUT2D eigenvalue weighted by molar-refractivity contribution is 9.11. The molecule has 0 bridgehead atoms. The minimum absolute atomic E-state index is 0.352. The second kappa shape index (κ2) is 8.17. The number of ether oxygens (including phenoxy) is 2. The van der Waals surface area contributed by atoms with Crippen LogP contribution >= 0.6 is 31.9 Å². The quantitative estimate of drug-likeness (QED) is 0.396. The van der Waals surface area contributed by atoms with E-state index in [-0.39, 0.29) is 5.97 Å². The van der Waals surface area contributed by atoms with Crippen molar-refractivity contribution in [2.75, 3.05) is 12.3 Å². The van der Waals surface area contributed by atoms with Crippen LogP contribution in [0.25, 0.3) is 6.08 Å². The molecular formula is C17H15Br2NO3. The van der Waals surface area contributed by atoms with Gasteiger partial charge in [0.2, 0.25) is 0 Å². The van der Waals surface area contributed by atoms with E-state index in [0.29, 0.717) is 23.8 Å². The summed E-state index contributed by atoms with van der Waals surface area (Å²) in [7, 11) is 0. The summed E-state index contributed by atoms with van der Waals surface area (Å²) in [5, 5.41) is 0. The molecule has 2 aromatic carbocycles. The van der Waals surface area contributed by atoms with Gasteiger partial charge in [-0.3, -0.25) is 0 Å². The molecule has 2 aromatic rings. The van der Waals surface area contributed by atoms with Crippen LogP contribution in [0.2, 0.25) is 0 Å². The van der Waals surface area contributed by atoms with Gasteiger partial charge in [0, 0.05) is 11.8 Å². The lowest BCUT2D eigenvalue weighted by Crippen LogP contribution is -1.98. The van der Waals surface area contributed by atoms with Crippen molar-refractivity contribution in [2.45, 2.75) is 6.92 Å². The Morgan fingerprint density at radius 1 is 1.17 bits per heavy atom. The molecule has 0 atom stereocenters. The van der Waals surface area contributed by atoms with E-state index in [1.807, 2.05) is 12.1 Å². The summed E-state index contributed by atoms with van der Waals surface area (Å²) in [5.41, 5.74) is 7.17. The molecule has 0 unspecified atom stereocenters. The van der Waals surface area contributed by atoms with Crippen LogP contribution in [-0.4, -0.2) is 12.6 Å². The molecule has 120 valence electrons. The van der Waals surface area contributed by atoms with Crippen LogP contribution in [0.5, 0.6) is 11.5 Å². The predicted octanol–water partition coefficient (Wildman–Crippen LogP) is 5.16. The molecule has 0 fully saturated rings. The first-order valence-electron chi connectivity index (χ1n) is 6.87. The Morgan fingerprint density at radius 2 is 1.78 bits per heavy atom. The average molecular weight is 441 g/mol. The molecule has 4 nitrogen and oxygen atoms in total. The van der Waals surface area contributed by atoms with Crippen molar-refractivity contribution in [1.29, 1.82) is 0 Å². The van der Waals surface area contributed by atoms with Crippen LogP contribution < -0.4 is 10.5 Å². The van der Waals surface area contributed by atoms with Gasteiger partial charge in [-0.2, -0.15) is 0 Å². The minimum Gasteiger partial charge on any atom is -0.463 e. The Hall–Kier alpha value is -1.79. The number of carbonyl (C=O) groups excluding carboxylic acids is 1. The van der Waals surface area contributed by atoms with Crippen LogP contribution in [0.15, 0.2) is 51.4 Å². The molecule has 0 amide bonds. The van der Waals surface area contributed by atoms with Crippen LogP contribution in [0.3, 0.4) is 0 Å². The SMILES string of the molecule is CCOC(=O)C=Cc1cc(Br)c(Oc2ccc(N)cc2)c(Br)c1. The summed E-state index contributed by atoms with van der Waals surface area (Å²) in [5.74, 6) is 0.945. The zero-order valence-electron chi connectivity index (χ0n) is 12.4. The number of rotatable bonds is 5. The maximum absolute atomic E-state index is 11.4. The number of nitrogen functional groups attached to an aromatic ring is 1. The molecule has 0 aliphatic heterocycles. The van der Waals surface area contributed by atoms with Crippen molar-refractivity contribution in [2.24, 2.45) is 0 Å². The molecule has 0 heterocycles. The fourth-order valence-electron chi connectivity index (χ4n) is 1.78. The number of halogens is 2. The van der Waals surface area contributed by atoms with Crippen LogP contribution in [0.4, 0.5) is 5.69 Å². The van der Waals surface area contributed by atoms with Crippen LogP contribution in [-0.2, 0) is 9.53 Å². The molecular weight excluding hydrogens is 426 g/mol. The highest BCUT2D eigenvalue weighted by Crippen LogP contribution is 2.38. The van der Waals surface area contributed by atoms with Gasteiger partial charge in [-0.25, -0.2) is 4.79 Å². The predicted molar refractivity (Wildman–Crippen MR) is 98.4 cm³/mol. The first-order valence-corrected chi connectivity index (χ1v) is 8.45. The number of esters is 1. The Morgan fingerprint density at radius 3 is 2.35 bits per heavy atom. The molecule has 0 aliphatic carbocycles. The molecule has 2 rings (SSSR count). The van der Waals surface area contributed by atoms with E-state index >= 15 is 0 Å². The molecule has 0 radical (unpaired) electrons. The topological polar surface area (TPSA) is 61.5 Å². The van der Waals surface area contributed by atoms with Gasteiger partial charge in [-0.15, -0.1) is 0 Å². The summed E-state index contributed by atoms with van der Waals surface area (Å²) in [6.45, 7) is 2.12. The number of benzene rings is 2. The molecule has 2 N–H and O–H groups in total. The van der Waals surface area contributed by atoms with E-state index in [0.717, 1.165) is 14.5 Å². The normalized spacial score (nSPS) is 10.7. The third-order valence-electron chi connectivity index (χ3n) is 2.82. The van der Waals surface area contributed by atoms with E-state index in [1.54, 1.807) is 37.3 Å². The van der Waals surface area contributed by atoms with Crippen molar-refractivity contribution in [3.63, 3.8) is 0 Å². The lowest BCUT2D eigenvalue weighted by atomic mass is 10.2. The number of hydrogen-bond acceptors (Lipinski definition) is 4. The summed E-state index contributed by atoms with van der Waals surface area (Å²) in [6, 6.07) is 10.8. The smallest absolute Gasteiger partial charge is 0.330 e. The van der Waals surface area contributed by atoms with E-state index in [9.17, 15) is 4.79 Å². The Bertz CT molecular complexity index is 704. The van der Waals surface area contributed by atoms with E-state index in [2.05, 4.69) is 31.9 Å². The van der Waals surface area contributed by atoms with Gasteiger partial charge in [0.15, 0.2) is 5.75 Å². The standard InChI is InChI=1S/C17H15Br2NO3/c1-2-22-16(21)8-3-11-9-14(18)17(15(19)10-11)23-13-6-4-12(20)5-7-13/h3-10H,2,20H2,1H3. The molecule has 0 aliphatic rings. The maximum atomic E-state index is 11.4. The van der Waals surface area contributed by atoms with Gasteiger partial charge in [-0.05, 0) is 86.8 Å². The highest BCUT2D eigenvalue weighted by atomic mass is 79.9. The van der Waals surface area contributed by atoms with Crippen LogP contribution in [0, 0.1) is 0 Å². The fraction of sp³-hybridized carbons (Fsp3) is 0.118. The number of carbonyl (C=O) groups is 1. The summed E-state index contributed by atoms with van der Waals surface area (Å²) in [4.78, 5) is 11.4. The van der Waals surface area contributed by atoms with Crippen LogP contribution in [0.1, 0.15) is 12.5 Å². The fourth-order valence-corrected chi connectivity index (χ4v) is 3.17. The van der Waals surface area contributed by atoms with Gasteiger partial charge < -0.3 is 15.2 Å². The van der Waals surface area contributed by atoms with Gasteiger partial charge in [-0.1, -0.05) is 0 Å². The lowest BCUT2D eigenvalue weighted by Gasteiger charge is -2.11. The Kier molecular flexibility index (Phi) is 6.24. The number of anilines is 1. The van der Waals surface area contributed by atoms with Gasteiger partial charge >= 0.3 is 5.97 Å². The summed E-state index contributed by atoms with van der Waals surface area (Å²) < 4.78 is 12.2. The third-order valence-corrected chi connectivity index (χ3v) is 4.00. The summed E-state index contributed by atoms with van der Waals surface area (Å²) in [6.07, 6.45) is 3.07. The lowest BCUT2D eigenvalue weighted by molar-refractivity contribution is -0.137. The van der Waals surface area contributed by atoms with Crippen molar-refractivity contribution in [1.82, 2.24) is 0 Å². The first-order chi connectivity index (χ1) is 11.0. The van der Waals surface area contributed by atoms with Gasteiger partial charge in [0.05, 0.1) is 15.6 Å². The third kappa shape index (κ3) is 5.11. The molecule has 23 heavy (non-hydrogen) atoms. The minimum atomic E-state index is -0.373. The number of hydrogen-bond donors (Lipinski definition) is 1. The zero-order valence-corrected chi connectivity index (χ0v) is 15.6. The Labute approximate surface area is 151 Å². The van der Waals surface area contributed by atoms with E-state index in [4.69, 9.17) is 15.2 Å². The zero-order chi connectivity index (χ0) is 16.8.